The van der Waals surface area contributed by atoms with Crippen LogP contribution in [0.3, 0.4) is 0 Å². The lowest BCUT2D eigenvalue weighted by molar-refractivity contribution is -0.0498. The summed E-state index contributed by atoms with van der Waals surface area (Å²) in [5.74, 6) is -0.683. The van der Waals surface area contributed by atoms with Crippen LogP contribution in [0.15, 0.2) is 53.4 Å². The molecule has 0 spiro atoms. The first kappa shape index (κ1) is 25.7. The number of nitrogens with one attached hydrogen (secondary N) is 1. The van der Waals surface area contributed by atoms with Crippen LogP contribution in [0.4, 0.5) is 14.5 Å². The molecule has 0 radical (unpaired) electrons. The van der Waals surface area contributed by atoms with Crippen LogP contribution in [0.2, 0.25) is 5.02 Å². The van der Waals surface area contributed by atoms with E-state index in [9.17, 15) is 27.1 Å². The van der Waals surface area contributed by atoms with Crippen LogP contribution in [0.25, 0.3) is 5.69 Å². The Balaban J connectivity index is 2.03. The molecule has 3 aromatic rings. The number of aliphatic hydroxyl groups is 1. The predicted molar refractivity (Wildman–Crippen MR) is 125 cm³/mol. The second-order valence-electron chi connectivity index (χ2n) is 7.76. The number of nitrogens with zero attached hydrogens (tertiary/aromatic N) is 1. The van der Waals surface area contributed by atoms with Crippen molar-refractivity contribution in [3.05, 3.63) is 70.5 Å². The SMILES string of the molecule is Cc1c(C(=O)Nc2ccc(S(C)(=O)=O)cc2)cc(C[C@H](C)O)n1-c1ccc(Cl)cc1OC(F)F. The van der Waals surface area contributed by atoms with Gasteiger partial charge in [-0.15, -0.1) is 0 Å². The number of halogens is 3. The zero-order chi connectivity index (χ0) is 25.2. The van der Waals surface area contributed by atoms with Gasteiger partial charge in [-0.2, -0.15) is 8.78 Å². The maximum Gasteiger partial charge on any atom is 0.387 e. The van der Waals surface area contributed by atoms with Gasteiger partial charge in [-0.25, -0.2) is 8.42 Å². The minimum Gasteiger partial charge on any atom is -0.433 e. The number of carbonyl (C=O) groups excluding carboxylic acids is 1. The third-order valence-corrected chi connectivity index (χ3v) is 6.36. The van der Waals surface area contributed by atoms with E-state index >= 15 is 0 Å². The average Bonchev–Trinajstić information content (AvgIpc) is 3.03. The fourth-order valence-corrected chi connectivity index (χ4v) is 4.33. The Morgan fingerprint density at radius 3 is 2.38 bits per heavy atom. The normalized spacial score (nSPS) is 12.6. The summed E-state index contributed by atoms with van der Waals surface area (Å²) < 4.78 is 55.5. The molecule has 1 aromatic heterocycles. The van der Waals surface area contributed by atoms with Crippen LogP contribution in [0.5, 0.6) is 5.75 Å². The molecule has 182 valence electrons. The highest BCUT2D eigenvalue weighted by molar-refractivity contribution is 7.90. The summed E-state index contributed by atoms with van der Waals surface area (Å²) in [4.78, 5) is 13.2. The van der Waals surface area contributed by atoms with Gasteiger partial charge in [0, 0.05) is 40.8 Å². The zero-order valence-corrected chi connectivity index (χ0v) is 20.1. The molecule has 1 heterocycles. The molecule has 0 unspecified atom stereocenters. The topological polar surface area (TPSA) is 97.6 Å². The van der Waals surface area contributed by atoms with Gasteiger partial charge >= 0.3 is 6.61 Å². The zero-order valence-electron chi connectivity index (χ0n) is 18.6. The van der Waals surface area contributed by atoms with Gasteiger partial charge in [-0.1, -0.05) is 11.6 Å². The van der Waals surface area contributed by atoms with Crippen LogP contribution < -0.4 is 10.1 Å². The molecule has 2 aromatic carbocycles. The van der Waals surface area contributed by atoms with Gasteiger partial charge in [0.25, 0.3) is 5.91 Å². The molecule has 1 amide bonds. The second kappa shape index (κ2) is 10.1. The Morgan fingerprint density at radius 1 is 1.18 bits per heavy atom. The Hall–Kier alpha value is -2.95. The van der Waals surface area contributed by atoms with E-state index in [4.69, 9.17) is 11.6 Å². The van der Waals surface area contributed by atoms with E-state index in [2.05, 4.69) is 10.1 Å². The fourth-order valence-electron chi connectivity index (χ4n) is 3.54. The predicted octanol–water partition coefficient (Wildman–Crippen LogP) is 4.62. The van der Waals surface area contributed by atoms with Gasteiger partial charge in [0.2, 0.25) is 0 Å². The third-order valence-electron chi connectivity index (χ3n) is 4.99. The molecule has 0 bridgehead atoms. The standard InChI is InChI=1S/C23H23ClF2N2O5S/c1-13(29)10-17-12-19(22(30)27-16-5-7-18(8-6-16)34(3,31)32)14(2)28(17)20-9-4-15(24)11-21(20)33-23(25)26/h4-9,11-13,23,29H,10H2,1-3H3,(H,27,30)/t13-/m0/s1. The number of rotatable bonds is 8. The maximum absolute atomic E-state index is 13.0. The minimum atomic E-state index is -3.38. The van der Waals surface area contributed by atoms with Crippen LogP contribution in [0.1, 0.15) is 28.7 Å². The lowest BCUT2D eigenvalue weighted by atomic mass is 10.2. The van der Waals surface area contributed by atoms with Crippen molar-refractivity contribution >= 4 is 33.0 Å². The molecular formula is C23H23ClF2N2O5S. The van der Waals surface area contributed by atoms with Crippen molar-refractivity contribution in [2.75, 3.05) is 11.6 Å². The molecular weight excluding hydrogens is 490 g/mol. The molecule has 3 rings (SSSR count). The van der Waals surface area contributed by atoms with Crippen LogP contribution in [-0.4, -0.2) is 43.0 Å². The Morgan fingerprint density at radius 2 is 1.82 bits per heavy atom. The smallest absolute Gasteiger partial charge is 0.387 e. The Kier molecular flexibility index (Phi) is 7.64. The summed E-state index contributed by atoms with van der Waals surface area (Å²) in [6.07, 6.45) is 0.437. The van der Waals surface area contributed by atoms with Gasteiger partial charge < -0.3 is 19.7 Å². The van der Waals surface area contributed by atoms with E-state index in [1.165, 1.54) is 42.5 Å². The number of aliphatic hydroxyl groups excluding tert-OH is 1. The number of sulfone groups is 1. The molecule has 0 aliphatic carbocycles. The molecule has 0 aliphatic rings. The molecule has 0 fully saturated rings. The molecule has 0 saturated heterocycles. The van der Waals surface area contributed by atoms with Crippen molar-refractivity contribution in [2.24, 2.45) is 0 Å². The van der Waals surface area contributed by atoms with Gasteiger partial charge in [0.05, 0.1) is 22.3 Å². The number of hydrogen-bond donors (Lipinski definition) is 2. The van der Waals surface area contributed by atoms with E-state index in [0.29, 0.717) is 17.1 Å². The molecule has 7 nitrogen and oxygen atoms in total. The van der Waals surface area contributed by atoms with Crippen molar-refractivity contribution in [2.45, 2.75) is 37.9 Å². The fraction of sp³-hybridized carbons (Fsp3) is 0.261. The van der Waals surface area contributed by atoms with Crippen LogP contribution in [0, 0.1) is 6.92 Å². The van der Waals surface area contributed by atoms with E-state index in [0.717, 1.165) is 6.26 Å². The number of hydrogen-bond acceptors (Lipinski definition) is 5. The quantitative estimate of drug-likeness (QED) is 0.459. The molecule has 34 heavy (non-hydrogen) atoms. The van der Waals surface area contributed by atoms with Crippen molar-refractivity contribution in [3.8, 4) is 11.4 Å². The number of carbonyl (C=O) groups is 1. The molecule has 11 heteroatoms. The molecule has 0 aliphatic heterocycles. The first-order valence-electron chi connectivity index (χ1n) is 10.1. The molecule has 1 atom stereocenters. The summed E-state index contributed by atoms with van der Waals surface area (Å²) in [5.41, 5.74) is 1.75. The van der Waals surface area contributed by atoms with Gasteiger partial charge in [-0.3, -0.25) is 4.79 Å². The van der Waals surface area contributed by atoms with Crippen LogP contribution >= 0.6 is 11.6 Å². The van der Waals surface area contributed by atoms with E-state index in [1.54, 1.807) is 24.5 Å². The number of anilines is 1. The summed E-state index contributed by atoms with van der Waals surface area (Å²) in [5, 5.41) is 12.9. The largest absolute Gasteiger partial charge is 0.433 e. The van der Waals surface area contributed by atoms with E-state index < -0.39 is 28.5 Å². The number of amides is 1. The monoisotopic (exact) mass is 512 g/mol. The second-order valence-corrected chi connectivity index (χ2v) is 10.2. The first-order chi connectivity index (χ1) is 15.9. The van der Waals surface area contributed by atoms with Crippen molar-refractivity contribution in [3.63, 3.8) is 0 Å². The van der Waals surface area contributed by atoms with Gasteiger partial charge in [0.15, 0.2) is 15.6 Å². The summed E-state index contributed by atoms with van der Waals surface area (Å²) >= 11 is 5.96. The number of benzene rings is 2. The number of aromatic nitrogens is 1. The minimum absolute atomic E-state index is 0.112. The van der Waals surface area contributed by atoms with Crippen molar-refractivity contribution in [1.82, 2.24) is 4.57 Å². The lowest BCUT2D eigenvalue weighted by Gasteiger charge is -2.17. The Labute approximate surface area is 200 Å². The van der Waals surface area contributed by atoms with E-state index in [1.807, 2.05) is 0 Å². The summed E-state index contributed by atoms with van der Waals surface area (Å²) in [7, 11) is -3.38. The maximum atomic E-state index is 13.0. The third kappa shape index (κ3) is 5.94. The highest BCUT2D eigenvalue weighted by Gasteiger charge is 2.23. The van der Waals surface area contributed by atoms with E-state index in [-0.39, 0.29) is 33.3 Å². The highest BCUT2D eigenvalue weighted by atomic mass is 35.5. The Bertz CT molecular complexity index is 1310. The highest BCUT2D eigenvalue weighted by Crippen LogP contribution is 2.33. The number of ether oxygens (including phenoxy) is 1. The molecule has 0 saturated carbocycles. The summed E-state index contributed by atoms with van der Waals surface area (Å²) in [6, 6.07) is 11.5. The summed E-state index contributed by atoms with van der Waals surface area (Å²) in [6.45, 7) is 0.105. The van der Waals surface area contributed by atoms with Crippen molar-refractivity contribution in [1.29, 1.82) is 0 Å². The van der Waals surface area contributed by atoms with Crippen LogP contribution in [-0.2, 0) is 16.3 Å². The van der Waals surface area contributed by atoms with Gasteiger partial charge in [-0.05, 0) is 56.3 Å². The lowest BCUT2D eigenvalue weighted by Crippen LogP contribution is -2.14. The molecule has 2 N–H and O–H groups in total. The van der Waals surface area contributed by atoms with Gasteiger partial charge in [0.1, 0.15) is 0 Å². The number of alkyl halides is 2. The first-order valence-corrected chi connectivity index (χ1v) is 12.4. The average molecular weight is 513 g/mol. The van der Waals surface area contributed by atoms with Crippen molar-refractivity contribution < 1.29 is 31.8 Å².